The Labute approximate surface area is 190 Å². The van der Waals surface area contributed by atoms with Crippen LogP contribution >= 0.6 is 11.6 Å². The lowest BCUT2D eigenvalue weighted by molar-refractivity contribution is 0.0741. The number of piperazine rings is 1. The summed E-state index contributed by atoms with van der Waals surface area (Å²) in [6.45, 7) is 2.57. The largest absolute Gasteiger partial charge is 0.353 e. The number of amides is 1. The molecule has 1 amide bonds. The average Bonchev–Trinajstić information content (AvgIpc) is 3.30. The lowest BCUT2D eigenvalue weighted by Gasteiger charge is -2.35. The van der Waals surface area contributed by atoms with E-state index in [-0.39, 0.29) is 5.91 Å². The molecule has 4 heterocycles. The molecule has 0 aliphatic carbocycles. The second-order valence-electron chi connectivity index (χ2n) is 7.38. The maximum absolute atomic E-state index is 13.5. The molecule has 0 spiro atoms. The van der Waals surface area contributed by atoms with Crippen LogP contribution in [0.3, 0.4) is 0 Å². The number of pyridine rings is 2. The zero-order chi connectivity index (χ0) is 21.9. The van der Waals surface area contributed by atoms with Gasteiger partial charge in [0.2, 0.25) is 0 Å². The molecule has 4 aromatic rings. The summed E-state index contributed by atoms with van der Waals surface area (Å²) in [6.07, 6.45) is 5.18. The smallest absolute Gasteiger partial charge is 0.276 e. The molecule has 0 N–H and O–H groups in total. The molecule has 5 rings (SSSR count). The van der Waals surface area contributed by atoms with Crippen molar-refractivity contribution in [1.82, 2.24) is 29.9 Å². The third-order valence-electron chi connectivity index (χ3n) is 5.42. The Morgan fingerprint density at radius 1 is 0.906 bits per heavy atom. The van der Waals surface area contributed by atoms with Gasteiger partial charge in [-0.2, -0.15) is 0 Å². The number of hydrogen-bond acceptors (Lipinski definition) is 6. The Bertz CT molecular complexity index is 1200. The number of aromatic nitrogens is 5. The molecule has 160 valence electrons. The zero-order valence-corrected chi connectivity index (χ0v) is 17.9. The summed E-state index contributed by atoms with van der Waals surface area (Å²) in [5.74, 6) is 0.772. The molecule has 1 aliphatic heterocycles. The van der Waals surface area contributed by atoms with Crippen LogP contribution in [0.2, 0.25) is 5.02 Å². The lowest BCUT2D eigenvalue weighted by Crippen LogP contribution is -2.49. The number of rotatable bonds is 4. The first-order valence-electron chi connectivity index (χ1n) is 10.3. The maximum Gasteiger partial charge on any atom is 0.276 e. The van der Waals surface area contributed by atoms with Gasteiger partial charge in [-0.3, -0.25) is 9.78 Å². The highest BCUT2D eigenvalue weighted by Gasteiger charge is 2.29. The quantitative estimate of drug-likeness (QED) is 0.479. The van der Waals surface area contributed by atoms with Crippen LogP contribution in [0.1, 0.15) is 10.5 Å². The highest BCUT2D eigenvalue weighted by Crippen LogP contribution is 2.27. The summed E-state index contributed by atoms with van der Waals surface area (Å²) in [5, 5.41) is 9.20. The second-order valence-corrected chi connectivity index (χ2v) is 7.82. The molecule has 1 aromatic carbocycles. The highest BCUT2D eigenvalue weighted by molar-refractivity contribution is 6.30. The lowest BCUT2D eigenvalue weighted by atomic mass is 10.1. The van der Waals surface area contributed by atoms with Gasteiger partial charge in [0.1, 0.15) is 11.5 Å². The highest BCUT2D eigenvalue weighted by atomic mass is 35.5. The molecular weight excluding hydrogens is 426 g/mol. The van der Waals surface area contributed by atoms with E-state index in [1.165, 1.54) is 0 Å². The van der Waals surface area contributed by atoms with E-state index in [1.807, 2.05) is 47.4 Å². The van der Waals surface area contributed by atoms with E-state index in [0.717, 1.165) is 17.1 Å². The number of nitrogens with zero attached hydrogens (tertiary/aromatic N) is 7. The minimum absolute atomic E-state index is 0.148. The first kappa shape index (κ1) is 20.1. The van der Waals surface area contributed by atoms with Gasteiger partial charge in [0.05, 0.1) is 5.69 Å². The molecule has 8 nitrogen and oxygen atoms in total. The monoisotopic (exact) mass is 445 g/mol. The van der Waals surface area contributed by atoms with Crippen molar-refractivity contribution in [2.24, 2.45) is 0 Å². The molecule has 0 atom stereocenters. The fourth-order valence-corrected chi connectivity index (χ4v) is 3.91. The number of carbonyl (C=O) groups is 1. The van der Waals surface area contributed by atoms with Crippen LogP contribution in [0.15, 0.2) is 73.2 Å². The van der Waals surface area contributed by atoms with Crippen molar-refractivity contribution in [1.29, 1.82) is 0 Å². The van der Waals surface area contributed by atoms with Crippen LogP contribution in [0.25, 0.3) is 16.9 Å². The number of hydrogen-bond donors (Lipinski definition) is 0. The predicted octanol–water partition coefficient (Wildman–Crippen LogP) is 3.34. The van der Waals surface area contributed by atoms with Crippen molar-refractivity contribution in [2.45, 2.75) is 0 Å². The van der Waals surface area contributed by atoms with E-state index in [4.69, 9.17) is 11.6 Å². The molecular formula is C23H20ClN7O. The fraction of sp³-hybridized carbons (Fsp3) is 0.174. The van der Waals surface area contributed by atoms with Crippen LogP contribution in [0, 0.1) is 0 Å². The van der Waals surface area contributed by atoms with E-state index in [2.05, 4.69) is 25.2 Å². The summed E-state index contributed by atoms with van der Waals surface area (Å²) in [5.41, 5.74) is 2.44. The number of benzene rings is 1. The van der Waals surface area contributed by atoms with Crippen LogP contribution in [-0.4, -0.2) is 61.9 Å². The third kappa shape index (κ3) is 3.92. The first-order valence-corrected chi connectivity index (χ1v) is 10.7. The zero-order valence-electron chi connectivity index (χ0n) is 17.2. The molecule has 0 unspecified atom stereocenters. The molecule has 1 saturated heterocycles. The summed E-state index contributed by atoms with van der Waals surface area (Å²) >= 11 is 6.04. The van der Waals surface area contributed by atoms with Gasteiger partial charge in [-0.1, -0.05) is 22.9 Å². The van der Waals surface area contributed by atoms with E-state index in [1.54, 1.807) is 35.4 Å². The van der Waals surface area contributed by atoms with Gasteiger partial charge in [-0.05, 0) is 48.5 Å². The van der Waals surface area contributed by atoms with E-state index < -0.39 is 0 Å². The Morgan fingerprint density at radius 2 is 1.72 bits per heavy atom. The summed E-state index contributed by atoms with van der Waals surface area (Å²) in [4.78, 5) is 26.1. The number of anilines is 1. The maximum atomic E-state index is 13.5. The van der Waals surface area contributed by atoms with Gasteiger partial charge >= 0.3 is 0 Å². The minimum Gasteiger partial charge on any atom is -0.353 e. The van der Waals surface area contributed by atoms with E-state index in [9.17, 15) is 4.79 Å². The summed E-state index contributed by atoms with van der Waals surface area (Å²) in [6, 6.07) is 16.8. The SMILES string of the molecule is O=C(c1nnn(-c2ccc(Cl)cc2)c1-c1cccnc1)N1CCN(c2ccccn2)CC1. The molecule has 0 saturated carbocycles. The van der Waals surface area contributed by atoms with Crippen molar-refractivity contribution < 1.29 is 4.79 Å². The van der Waals surface area contributed by atoms with E-state index in [0.29, 0.717) is 42.6 Å². The molecule has 0 bridgehead atoms. The van der Waals surface area contributed by atoms with Gasteiger partial charge in [-0.15, -0.1) is 5.10 Å². The molecule has 0 radical (unpaired) electrons. The van der Waals surface area contributed by atoms with Crippen molar-refractivity contribution in [3.63, 3.8) is 0 Å². The average molecular weight is 446 g/mol. The van der Waals surface area contributed by atoms with Gasteiger partial charge in [0.15, 0.2) is 5.69 Å². The molecule has 1 aliphatic rings. The van der Waals surface area contributed by atoms with Gasteiger partial charge in [-0.25, -0.2) is 9.67 Å². The fourth-order valence-electron chi connectivity index (χ4n) is 3.78. The molecule has 9 heteroatoms. The topological polar surface area (TPSA) is 80.0 Å². The van der Waals surface area contributed by atoms with Crippen LogP contribution in [-0.2, 0) is 0 Å². The normalized spacial score (nSPS) is 13.9. The number of halogens is 1. The molecule has 32 heavy (non-hydrogen) atoms. The number of carbonyl (C=O) groups excluding carboxylic acids is 1. The molecule has 1 fully saturated rings. The van der Waals surface area contributed by atoms with Crippen molar-refractivity contribution in [3.8, 4) is 16.9 Å². The predicted molar refractivity (Wildman–Crippen MR) is 122 cm³/mol. The van der Waals surface area contributed by atoms with Gasteiger partial charge in [0, 0.05) is 55.4 Å². The van der Waals surface area contributed by atoms with Crippen molar-refractivity contribution in [3.05, 3.63) is 83.9 Å². The Balaban J connectivity index is 1.44. The Hall–Kier alpha value is -3.78. The minimum atomic E-state index is -0.148. The van der Waals surface area contributed by atoms with E-state index >= 15 is 0 Å². The first-order chi connectivity index (χ1) is 15.7. The standard InChI is InChI=1S/C23H20ClN7O/c24-18-6-8-19(9-7-18)31-22(17-4-3-10-25-16-17)21(27-28-31)23(32)30-14-12-29(13-15-30)20-5-1-2-11-26-20/h1-11,16H,12-15H2. The summed E-state index contributed by atoms with van der Waals surface area (Å²) < 4.78 is 1.66. The molecule has 3 aromatic heterocycles. The van der Waals surface area contributed by atoms with Gasteiger partial charge < -0.3 is 9.80 Å². The van der Waals surface area contributed by atoms with Crippen LogP contribution in [0.5, 0.6) is 0 Å². The van der Waals surface area contributed by atoms with Crippen LogP contribution < -0.4 is 4.90 Å². The van der Waals surface area contributed by atoms with Crippen molar-refractivity contribution in [2.75, 3.05) is 31.1 Å². The Morgan fingerprint density at radius 3 is 2.41 bits per heavy atom. The van der Waals surface area contributed by atoms with Gasteiger partial charge in [0.25, 0.3) is 5.91 Å². The summed E-state index contributed by atoms with van der Waals surface area (Å²) in [7, 11) is 0. The van der Waals surface area contributed by atoms with Crippen molar-refractivity contribution >= 4 is 23.3 Å². The Kier molecular flexibility index (Phi) is 5.51. The second kappa shape index (κ2) is 8.76. The van der Waals surface area contributed by atoms with Crippen LogP contribution in [0.4, 0.5) is 5.82 Å². The third-order valence-corrected chi connectivity index (χ3v) is 5.67.